The van der Waals surface area contributed by atoms with Crippen molar-refractivity contribution in [1.82, 2.24) is 5.32 Å². The molecule has 0 aromatic heterocycles. The summed E-state index contributed by atoms with van der Waals surface area (Å²) in [5.74, 6) is -0.148. The summed E-state index contributed by atoms with van der Waals surface area (Å²) in [4.78, 5) is 13.2. The van der Waals surface area contributed by atoms with Gasteiger partial charge < -0.3 is 40.3 Å². The first-order valence-electron chi connectivity index (χ1n) is 41.2. The van der Waals surface area contributed by atoms with Crippen LogP contribution in [0.4, 0.5) is 0 Å². The lowest BCUT2D eigenvalue weighted by Gasteiger charge is -2.40. The lowest BCUT2D eigenvalue weighted by Crippen LogP contribution is -2.60. The van der Waals surface area contributed by atoms with Crippen molar-refractivity contribution in [3.63, 3.8) is 0 Å². The molecule has 0 aliphatic carbocycles. The molecule has 9 heteroatoms. The summed E-state index contributed by atoms with van der Waals surface area (Å²) >= 11 is 0. The highest BCUT2D eigenvalue weighted by molar-refractivity contribution is 5.76. The van der Waals surface area contributed by atoms with Gasteiger partial charge in [0.25, 0.3) is 0 Å². The third-order valence-electron chi connectivity index (χ3n) is 19.1. The summed E-state index contributed by atoms with van der Waals surface area (Å²) in [7, 11) is 0. The zero-order valence-corrected chi connectivity index (χ0v) is 63.1. The van der Waals surface area contributed by atoms with E-state index in [1.54, 1.807) is 0 Å². The van der Waals surface area contributed by atoms with E-state index in [0.717, 1.165) is 109 Å². The van der Waals surface area contributed by atoms with Gasteiger partial charge in [0.15, 0.2) is 6.29 Å². The number of aliphatic hydroxyl groups excluding tert-OH is 5. The molecular formula is C88H155NO8. The molecule has 6 N–H and O–H groups in total. The predicted molar refractivity (Wildman–Crippen MR) is 419 cm³/mol. The Hall–Kier alpha value is -3.41. The van der Waals surface area contributed by atoms with Gasteiger partial charge in [0.05, 0.1) is 25.4 Å². The van der Waals surface area contributed by atoms with Crippen molar-refractivity contribution < 1.29 is 39.8 Å². The Kier molecular flexibility index (Phi) is 71.1. The summed E-state index contributed by atoms with van der Waals surface area (Å²) in [6.07, 6.45) is 106. The average molecular weight is 1360 g/mol. The van der Waals surface area contributed by atoms with Crippen molar-refractivity contribution in [3.8, 4) is 0 Å². The Bertz CT molecular complexity index is 1960. The van der Waals surface area contributed by atoms with Crippen molar-refractivity contribution in [3.05, 3.63) is 122 Å². The first-order chi connectivity index (χ1) is 47.8. The maximum absolute atomic E-state index is 13.2. The van der Waals surface area contributed by atoms with E-state index >= 15 is 0 Å². The molecule has 97 heavy (non-hydrogen) atoms. The normalized spacial score (nSPS) is 18.0. The first kappa shape index (κ1) is 91.6. The zero-order valence-electron chi connectivity index (χ0n) is 63.1. The lowest BCUT2D eigenvalue weighted by atomic mass is 9.99. The van der Waals surface area contributed by atoms with Crippen LogP contribution >= 0.6 is 0 Å². The largest absolute Gasteiger partial charge is 0.394 e. The summed E-state index contributed by atoms with van der Waals surface area (Å²) in [6, 6.07) is -0.732. The Balaban J connectivity index is 2.09. The zero-order chi connectivity index (χ0) is 69.9. The van der Waals surface area contributed by atoms with E-state index in [1.165, 1.54) is 238 Å². The number of ether oxygens (including phenoxy) is 2. The van der Waals surface area contributed by atoms with Crippen LogP contribution in [0, 0.1) is 0 Å². The molecule has 7 atom stereocenters. The molecule has 0 aromatic rings. The third-order valence-corrected chi connectivity index (χ3v) is 19.1. The fourth-order valence-corrected chi connectivity index (χ4v) is 12.7. The molecule has 0 radical (unpaired) electrons. The molecule has 1 heterocycles. The fraction of sp³-hybridized carbons (Fsp3) is 0.761. The molecule has 1 aliphatic rings. The van der Waals surface area contributed by atoms with Gasteiger partial charge in [-0.3, -0.25) is 4.79 Å². The summed E-state index contributed by atoms with van der Waals surface area (Å²) in [6.45, 7) is 3.76. The number of rotatable bonds is 72. The number of carbonyl (C=O) groups excluding carboxylic acids is 1. The van der Waals surface area contributed by atoms with E-state index < -0.39 is 49.5 Å². The number of unbranched alkanes of at least 4 members (excludes halogenated alkanes) is 42. The molecule has 0 saturated carbocycles. The molecule has 1 fully saturated rings. The van der Waals surface area contributed by atoms with Gasteiger partial charge in [-0.1, -0.05) is 399 Å². The molecule has 1 saturated heterocycles. The van der Waals surface area contributed by atoms with Crippen LogP contribution in [0.1, 0.15) is 373 Å². The Labute approximate surface area is 598 Å². The summed E-state index contributed by atoms with van der Waals surface area (Å²) in [5, 5.41) is 55.1. The van der Waals surface area contributed by atoms with Gasteiger partial charge in [-0.05, 0) is 89.9 Å². The van der Waals surface area contributed by atoms with Crippen LogP contribution < -0.4 is 5.32 Å². The molecular weight excluding hydrogens is 1200 g/mol. The van der Waals surface area contributed by atoms with Crippen molar-refractivity contribution in [1.29, 1.82) is 0 Å². The molecule has 0 spiro atoms. The van der Waals surface area contributed by atoms with E-state index in [9.17, 15) is 30.3 Å². The van der Waals surface area contributed by atoms with Crippen LogP contribution in [-0.2, 0) is 14.3 Å². The number of nitrogens with one attached hydrogen (secondary N) is 1. The standard InChI is InChI=1S/C88H155NO8/c1-3-5-7-9-11-13-15-17-19-21-23-25-27-29-31-33-35-37-38-39-40-41-42-43-44-46-48-50-52-54-56-58-60-62-64-66-68-70-72-74-76-78-84(92)89-81(80-96-88-87(95)86(94)85(93)83(79-90)97-88)82(91)77-75-73-71-69-67-65-63-61-59-57-55-53-51-49-47-45-36-34-32-30-28-26-24-22-20-18-16-14-12-10-8-6-4-2/h5,7,11,13,17,19,23,25,29,31,35,37,39-40,42-43,46,48,52,54,81-83,85-88,90-91,93-95H,3-4,6,8-10,12,14-16,18,20-22,24,26-28,30,32-34,36,38,41,44-45,47,49-51,53,55-80H2,1-2H3,(H,89,92)/b7-5-,13-11-,19-17-,25-23-,31-29-,37-35-,40-39-,43-42-,48-46-,54-52-. The van der Waals surface area contributed by atoms with Crippen molar-refractivity contribution in [2.75, 3.05) is 13.2 Å². The van der Waals surface area contributed by atoms with Gasteiger partial charge in [0.2, 0.25) is 5.91 Å². The topological polar surface area (TPSA) is 149 Å². The van der Waals surface area contributed by atoms with Gasteiger partial charge in [-0.25, -0.2) is 0 Å². The lowest BCUT2D eigenvalue weighted by molar-refractivity contribution is -0.302. The minimum Gasteiger partial charge on any atom is -0.394 e. The molecule has 1 amide bonds. The molecule has 0 aromatic carbocycles. The average Bonchev–Trinajstić information content (AvgIpc) is 0.854. The quantitative estimate of drug-likeness (QED) is 0.0261. The highest BCUT2D eigenvalue weighted by atomic mass is 16.7. The molecule has 7 unspecified atom stereocenters. The van der Waals surface area contributed by atoms with Crippen LogP contribution in [-0.4, -0.2) is 87.5 Å². The van der Waals surface area contributed by atoms with Crippen LogP contribution in [0.15, 0.2) is 122 Å². The van der Waals surface area contributed by atoms with E-state index in [1.807, 2.05) is 0 Å². The van der Waals surface area contributed by atoms with E-state index in [4.69, 9.17) is 9.47 Å². The number of aliphatic hydroxyl groups is 5. The smallest absolute Gasteiger partial charge is 0.220 e. The van der Waals surface area contributed by atoms with Gasteiger partial charge >= 0.3 is 0 Å². The van der Waals surface area contributed by atoms with Gasteiger partial charge in [-0.15, -0.1) is 0 Å². The summed E-state index contributed by atoms with van der Waals surface area (Å²) < 4.78 is 11.4. The van der Waals surface area contributed by atoms with Crippen LogP contribution in [0.5, 0.6) is 0 Å². The highest BCUT2D eigenvalue weighted by Gasteiger charge is 2.44. The highest BCUT2D eigenvalue weighted by Crippen LogP contribution is 2.24. The second kappa shape index (κ2) is 75.3. The Morgan fingerprint density at radius 2 is 0.639 bits per heavy atom. The first-order valence-corrected chi connectivity index (χ1v) is 41.2. The molecule has 0 bridgehead atoms. The van der Waals surface area contributed by atoms with Crippen molar-refractivity contribution in [2.24, 2.45) is 0 Å². The Morgan fingerprint density at radius 3 is 0.948 bits per heavy atom. The maximum atomic E-state index is 13.2. The summed E-state index contributed by atoms with van der Waals surface area (Å²) in [5.41, 5.74) is 0. The fourth-order valence-electron chi connectivity index (χ4n) is 12.7. The van der Waals surface area contributed by atoms with Crippen LogP contribution in [0.2, 0.25) is 0 Å². The maximum Gasteiger partial charge on any atom is 0.220 e. The number of amides is 1. The third kappa shape index (κ3) is 63.3. The SMILES string of the molecule is CC/C=C\C/C=C\C/C=C\C/C=C\C/C=C\C/C=C\C/C=C\C/C=C\C/C=C\C/C=C\CCCCCCCCCCCCC(=O)NC(COC1OC(CO)C(O)C(O)C1O)C(O)CCCCCCCCCCCCCCCCCCCCCCCCCCCCCCCCCCC. The van der Waals surface area contributed by atoms with Crippen LogP contribution in [0.25, 0.3) is 0 Å². The molecule has 1 aliphatic heterocycles. The van der Waals surface area contributed by atoms with Crippen molar-refractivity contribution >= 4 is 5.91 Å². The van der Waals surface area contributed by atoms with Crippen molar-refractivity contribution in [2.45, 2.75) is 416 Å². The van der Waals surface area contributed by atoms with E-state index in [0.29, 0.717) is 12.8 Å². The van der Waals surface area contributed by atoms with E-state index in [-0.39, 0.29) is 12.5 Å². The van der Waals surface area contributed by atoms with Crippen LogP contribution in [0.3, 0.4) is 0 Å². The van der Waals surface area contributed by atoms with Gasteiger partial charge in [-0.2, -0.15) is 0 Å². The minimum atomic E-state index is -1.56. The Morgan fingerprint density at radius 1 is 0.361 bits per heavy atom. The monoisotopic (exact) mass is 1350 g/mol. The number of hydrogen-bond donors (Lipinski definition) is 6. The second-order valence-electron chi connectivity index (χ2n) is 28.2. The second-order valence-corrected chi connectivity index (χ2v) is 28.2. The number of allylic oxidation sites excluding steroid dienone is 20. The molecule has 560 valence electrons. The predicted octanol–water partition coefficient (Wildman–Crippen LogP) is 24.1. The number of hydrogen-bond acceptors (Lipinski definition) is 8. The molecule has 1 rings (SSSR count). The van der Waals surface area contributed by atoms with Gasteiger partial charge in [0.1, 0.15) is 24.4 Å². The van der Waals surface area contributed by atoms with E-state index in [2.05, 4.69) is 141 Å². The van der Waals surface area contributed by atoms with Gasteiger partial charge in [0, 0.05) is 6.42 Å². The molecule has 9 nitrogen and oxygen atoms in total. The number of carbonyl (C=O) groups is 1. The minimum absolute atomic E-state index is 0.143.